The van der Waals surface area contributed by atoms with E-state index in [1.54, 1.807) is 24.3 Å². The number of carbonyl (C=O) groups is 1. The number of nitro benzene ring substituents is 1. The van der Waals surface area contributed by atoms with Crippen LogP contribution in [-0.2, 0) is 6.42 Å². The molecule has 23 heavy (non-hydrogen) atoms. The summed E-state index contributed by atoms with van der Waals surface area (Å²) in [7, 11) is 0. The highest BCUT2D eigenvalue weighted by molar-refractivity contribution is 7.98. The summed E-state index contributed by atoms with van der Waals surface area (Å²) < 4.78 is 13.5. The Hall–Kier alpha value is -2.41. The van der Waals surface area contributed by atoms with Crippen molar-refractivity contribution in [3.8, 4) is 0 Å². The standard InChI is InChI=1S/C16H15FN2O3S/c1-23-12-6-7-15(19(21)22)13(10-12)16(20)18-9-8-11-4-2-3-5-14(11)17/h2-7,10H,8-9H2,1H3,(H,18,20). The first kappa shape index (κ1) is 17.0. The summed E-state index contributed by atoms with van der Waals surface area (Å²) >= 11 is 1.39. The predicted octanol–water partition coefficient (Wildman–Crippen LogP) is 3.43. The van der Waals surface area contributed by atoms with E-state index >= 15 is 0 Å². The molecule has 2 aromatic rings. The van der Waals surface area contributed by atoms with Crippen molar-refractivity contribution in [2.45, 2.75) is 11.3 Å². The van der Waals surface area contributed by atoms with Crippen molar-refractivity contribution < 1.29 is 14.1 Å². The molecule has 0 radical (unpaired) electrons. The van der Waals surface area contributed by atoms with Gasteiger partial charge in [-0.05, 0) is 36.4 Å². The highest BCUT2D eigenvalue weighted by atomic mass is 32.2. The van der Waals surface area contributed by atoms with Crippen LogP contribution in [0.2, 0.25) is 0 Å². The number of hydrogen-bond acceptors (Lipinski definition) is 4. The molecule has 0 bridgehead atoms. The number of carbonyl (C=O) groups excluding carboxylic acids is 1. The fraction of sp³-hybridized carbons (Fsp3) is 0.188. The minimum Gasteiger partial charge on any atom is -0.351 e. The Balaban J connectivity index is 2.08. The molecule has 2 aromatic carbocycles. The van der Waals surface area contributed by atoms with Gasteiger partial charge in [0.2, 0.25) is 0 Å². The molecule has 120 valence electrons. The van der Waals surface area contributed by atoms with Gasteiger partial charge in [-0.15, -0.1) is 11.8 Å². The molecule has 1 amide bonds. The summed E-state index contributed by atoms with van der Waals surface area (Å²) in [6.07, 6.45) is 2.13. The molecule has 0 aliphatic carbocycles. The normalized spacial score (nSPS) is 10.3. The maximum atomic E-state index is 13.5. The third kappa shape index (κ3) is 4.29. The predicted molar refractivity (Wildman–Crippen MR) is 87.3 cm³/mol. The smallest absolute Gasteiger partial charge is 0.282 e. The van der Waals surface area contributed by atoms with Crippen LogP contribution in [0.5, 0.6) is 0 Å². The minimum atomic E-state index is -0.587. The van der Waals surface area contributed by atoms with Crippen molar-refractivity contribution >= 4 is 23.4 Å². The second-order valence-electron chi connectivity index (χ2n) is 4.74. The van der Waals surface area contributed by atoms with Gasteiger partial charge >= 0.3 is 0 Å². The zero-order chi connectivity index (χ0) is 16.8. The molecule has 0 saturated heterocycles. The molecule has 0 aliphatic heterocycles. The average Bonchev–Trinajstić information content (AvgIpc) is 2.55. The van der Waals surface area contributed by atoms with Gasteiger partial charge in [0.15, 0.2) is 0 Å². The van der Waals surface area contributed by atoms with E-state index in [-0.39, 0.29) is 23.6 Å². The van der Waals surface area contributed by atoms with E-state index in [4.69, 9.17) is 0 Å². The molecule has 0 unspecified atom stereocenters. The Kier molecular flexibility index (Phi) is 5.70. The fourth-order valence-electron chi connectivity index (χ4n) is 2.09. The number of amides is 1. The van der Waals surface area contributed by atoms with Crippen LogP contribution in [0.3, 0.4) is 0 Å². The molecule has 0 spiro atoms. The van der Waals surface area contributed by atoms with E-state index in [1.807, 2.05) is 6.26 Å². The van der Waals surface area contributed by atoms with Gasteiger partial charge in [-0.2, -0.15) is 0 Å². The molecule has 0 heterocycles. The number of nitrogens with one attached hydrogen (secondary N) is 1. The van der Waals surface area contributed by atoms with E-state index in [0.717, 1.165) is 4.90 Å². The van der Waals surface area contributed by atoms with Crippen LogP contribution in [0, 0.1) is 15.9 Å². The molecule has 7 heteroatoms. The first-order valence-corrected chi connectivity index (χ1v) is 8.09. The quantitative estimate of drug-likeness (QED) is 0.499. The Morgan fingerprint density at radius 2 is 2.04 bits per heavy atom. The molecule has 0 aromatic heterocycles. The van der Waals surface area contributed by atoms with E-state index < -0.39 is 10.8 Å². The van der Waals surface area contributed by atoms with E-state index in [9.17, 15) is 19.3 Å². The number of thioether (sulfide) groups is 1. The first-order valence-electron chi connectivity index (χ1n) is 6.87. The van der Waals surface area contributed by atoms with Crippen molar-refractivity contribution in [2.75, 3.05) is 12.8 Å². The summed E-state index contributed by atoms with van der Waals surface area (Å²) in [4.78, 5) is 23.4. The van der Waals surface area contributed by atoms with Crippen molar-refractivity contribution in [1.82, 2.24) is 5.32 Å². The molecular weight excluding hydrogens is 319 g/mol. The number of nitrogens with zero attached hydrogens (tertiary/aromatic N) is 1. The van der Waals surface area contributed by atoms with Crippen LogP contribution in [0.15, 0.2) is 47.4 Å². The van der Waals surface area contributed by atoms with Crippen molar-refractivity contribution in [3.05, 3.63) is 69.5 Å². The van der Waals surface area contributed by atoms with Crippen LogP contribution in [0.1, 0.15) is 15.9 Å². The number of nitro groups is 1. The van der Waals surface area contributed by atoms with Gasteiger partial charge in [-0.25, -0.2) is 4.39 Å². The summed E-state index contributed by atoms with van der Waals surface area (Å²) in [5, 5.41) is 13.6. The van der Waals surface area contributed by atoms with E-state index in [1.165, 1.54) is 30.0 Å². The van der Waals surface area contributed by atoms with Crippen LogP contribution in [0.25, 0.3) is 0 Å². The SMILES string of the molecule is CSc1ccc([N+](=O)[O-])c(C(=O)NCCc2ccccc2F)c1. The topological polar surface area (TPSA) is 72.2 Å². The van der Waals surface area contributed by atoms with Crippen LogP contribution < -0.4 is 5.32 Å². The van der Waals surface area contributed by atoms with Crippen LogP contribution >= 0.6 is 11.8 Å². The van der Waals surface area contributed by atoms with Gasteiger partial charge in [0.05, 0.1) is 4.92 Å². The molecule has 0 aliphatic rings. The summed E-state index contributed by atoms with van der Waals surface area (Å²) in [6.45, 7) is 0.195. The molecule has 2 rings (SSSR count). The van der Waals surface area contributed by atoms with Gasteiger partial charge in [-0.1, -0.05) is 18.2 Å². The third-order valence-corrected chi connectivity index (χ3v) is 4.01. The number of rotatable bonds is 6. The lowest BCUT2D eigenvalue weighted by Gasteiger charge is -2.08. The maximum Gasteiger partial charge on any atom is 0.282 e. The lowest BCUT2D eigenvalue weighted by Crippen LogP contribution is -2.26. The zero-order valence-electron chi connectivity index (χ0n) is 12.4. The van der Waals surface area contributed by atoms with E-state index in [2.05, 4.69) is 5.32 Å². The fourth-order valence-corrected chi connectivity index (χ4v) is 2.53. The van der Waals surface area contributed by atoms with Gasteiger partial charge in [0.25, 0.3) is 11.6 Å². The van der Waals surface area contributed by atoms with Crippen molar-refractivity contribution in [1.29, 1.82) is 0 Å². The Bertz CT molecular complexity index is 737. The number of hydrogen-bond donors (Lipinski definition) is 1. The van der Waals surface area contributed by atoms with E-state index in [0.29, 0.717) is 12.0 Å². The van der Waals surface area contributed by atoms with Crippen LogP contribution in [0.4, 0.5) is 10.1 Å². The van der Waals surface area contributed by atoms with Crippen molar-refractivity contribution in [2.24, 2.45) is 0 Å². The second-order valence-corrected chi connectivity index (χ2v) is 5.62. The molecule has 1 N–H and O–H groups in total. The highest BCUT2D eigenvalue weighted by Gasteiger charge is 2.20. The first-order chi connectivity index (χ1) is 11.0. The molecule has 0 saturated carbocycles. The van der Waals surface area contributed by atoms with Gasteiger partial charge in [-0.3, -0.25) is 14.9 Å². The van der Waals surface area contributed by atoms with Gasteiger partial charge in [0, 0.05) is 17.5 Å². The maximum absolute atomic E-state index is 13.5. The summed E-state index contributed by atoms with van der Waals surface area (Å²) in [6, 6.07) is 10.7. The lowest BCUT2D eigenvalue weighted by molar-refractivity contribution is -0.385. The molecule has 5 nitrogen and oxygen atoms in total. The Morgan fingerprint density at radius 1 is 1.30 bits per heavy atom. The summed E-state index contributed by atoms with van der Waals surface area (Å²) in [5.41, 5.74) is 0.252. The highest BCUT2D eigenvalue weighted by Crippen LogP contribution is 2.24. The molecule has 0 fully saturated rings. The number of benzene rings is 2. The number of halogens is 1. The lowest BCUT2D eigenvalue weighted by atomic mass is 10.1. The largest absolute Gasteiger partial charge is 0.351 e. The average molecular weight is 334 g/mol. The van der Waals surface area contributed by atoms with Gasteiger partial charge in [0.1, 0.15) is 11.4 Å². The Morgan fingerprint density at radius 3 is 2.70 bits per heavy atom. The van der Waals surface area contributed by atoms with Crippen LogP contribution in [-0.4, -0.2) is 23.6 Å². The summed E-state index contributed by atoms with van der Waals surface area (Å²) in [5.74, 6) is -0.874. The zero-order valence-corrected chi connectivity index (χ0v) is 13.2. The van der Waals surface area contributed by atoms with Gasteiger partial charge < -0.3 is 5.32 Å². The van der Waals surface area contributed by atoms with Crippen molar-refractivity contribution in [3.63, 3.8) is 0 Å². The monoisotopic (exact) mass is 334 g/mol. The minimum absolute atomic E-state index is 0.00961. The second kappa shape index (κ2) is 7.73. The molecular formula is C16H15FN2O3S. The molecule has 0 atom stereocenters. The third-order valence-electron chi connectivity index (χ3n) is 3.28. The Labute approximate surface area is 137 Å².